The highest BCUT2D eigenvalue weighted by Gasteiger charge is 2.31. The van der Waals surface area contributed by atoms with Gasteiger partial charge in [0.2, 0.25) is 5.91 Å². The van der Waals surface area contributed by atoms with Crippen LogP contribution in [0, 0.1) is 5.41 Å². The summed E-state index contributed by atoms with van der Waals surface area (Å²) in [7, 11) is -2.85. The SMILES string of the molecule is CCCCC(C)(C)C(=O)NC1CCS(=O)(=O)CC1. The van der Waals surface area contributed by atoms with Crippen LogP contribution in [0.4, 0.5) is 0 Å². The molecule has 1 N–H and O–H groups in total. The van der Waals surface area contributed by atoms with E-state index in [-0.39, 0.29) is 28.9 Å². The maximum Gasteiger partial charge on any atom is 0.225 e. The fraction of sp³-hybridized carbons (Fsp3) is 0.923. The molecule has 18 heavy (non-hydrogen) atoms. The minimum atomic E-state index is -2.85. The largest absolute Gasteiger partial charge is 0.353 e. The van der Waals surface area contributed by atoms with Crippen LogP contribution in [0.2, 0.25) is 0 Å². The summed E-state index contributed by atoms with van der Waals surface area (Å²) in [6, 6.07) is 0.0296. The third kappa shape index (κ3) is 4.59. The number of hydrogen-bond acceptors (Lipinski definition) is 3. The molecule has 0 atom stereocenters. The number of amides is 1. The highest BCUT2D eigenvalue weighted by Crippen LogP contribution is 2.24. The van der Waals surface area contributed by atoms with Crippen LogP contribution >= 0.6 is 0 Å². The highest BCUT2D eigenvalue weighted by atomic mass is 32.2. The predicted molar refractivity (Wildman–Crippen MR) is 73.1 cm³/mol. The number of carbonyl (C=O) groups excluding carboxylic acids is 1. The van der Waals surface area contributed by atoms with Crippen molar-refractivity contribution in [2.24, 2.45) is 5.41 Å². The van der Waals surface area contributed by atoms with Crippen LogP contribution < -0.4 is 5.32 Å². The summed E-state index contributed by atoms with van der Waals surface area (Å²) in [5.74, 6) is 0.459. The Morgan fingerprint density at radius 2 is 1.83 bits per heavy atom. The van der Waals surface area contributed by atoms with E-state index in [0.717, 1.165) is 19.3 Å². The summed E-state index contributed by atoms with van der Waals surface area (Å²) >= 11 is 0. The molecule has 0 radical (unpaired) electrons. The number of unbranched alkanes of at least 4 members (excludes halogenated alkanes) is 1. The zero-order valence-corrected chi connectivity index (χ0v) is 12.5. The monoisotopic (exact) mass is 275 g/mol. The van der Waals surface area contributed by atoms with Crippen molar-refractivity contribution in [3.63, 3.8) is 0 Å². The molecular weight excluding hydrogens is 250 g/mol. The lowest BCUT2D eigenvalue weighted by Gasteiger charge is -2.29. The van der Waals surface area contributed by atoms with Crippen LogP contribution in [0.3, 0.4) is 0 Å². The van der Waals surface area contributed by atoms with E-state index in [9.17, 15) is 13.2 Å². The summed E-state index contributed by atoms with van der Waals surface area (Å²) < 4.78 is 22.6. The Bertz CT molecular complexity index is 373. The van der Waals surface area contributed by atoms with Gasteiger partial charge in [0.05, 0.1) is 11.5 Å². The molecule has 4 nitrogen and oxygen atoms in total. The summed E-state index contributed by atoms with van der Waals surface area (Å²) in [5, 5.41) is 3.00. The molecule has 0 aromatic heterocycles. The average molecular weight is 275 g/mol. The smallest absolute Gasteiger partial charge is 0.225 e. The van der Waals surface area contributed by atoms with Gasteiger partial charge in [0.1, 0.15) is 9.84 Å². The van der Waals surface area contributed by atoms with E-state index in [1.165, 1.54) is 0 Å². The molecule has 1 fully saturated rings. The molecule has 0 spiro atoms. The quantitative estimate of drug-likeness (QED) is 0.833. The molecule has 1 heterocycles. The fourth-order valence-corrected chi connectivity index (χ4v) is 3.64. The molecule has 106 valence electrons. The van der Waals surface area contributed by atoms with Crippen molar-refractivity contribution in [3.8, 4) is 0 Å². The summed E-state index contributed by atoms with van der Waals surface area (Å²) in [5.41, 5.74) is -0.355. The van der Waals surface area contributed by atoms with Crippen LogP contribution in [0.1, 0.15) is 52.9 Å². The lowest BCUT2D eigenvalue weighted by Crippen LogP contribution is -2.46. The molecule has 1 aliphatic rings. The van der Waals surface area contributed by atoms with Crippen molar-refractivity contribution in [1.82, 2.24) is 5.32 Å². The van der Waals surface area contributed by atoms with Gasteiger partial charge < -0.3 is 5.32 Å². The average Bonchev–Trinajstić information content (AvgIpc) is 2.29. The van der Waals surface area contributed by atoms with E-state index in [4.69, 9.17) is 0 Å². The van der Waals surface area contributed by atoms with E-state index in [0.29, 0.717) is 12.8 Å². The van der Waals surface area contributed by atoms with Crippen molar-refractivity contribution in [1.29, 1.82) is 0 Å². The fourth-order valence-electron chi connectivity index (χ4n) is 2.15. The molecule has 0 aliphatic carbocycles. The molecule has 0 saturated carbocycles. The van der Waals surface area contributed by atoms with Gasteiger partial charge in [-0.2, -0.15) is 0 Å². The zero-order chi connectivity index (χ0) is 13.8. The predicted octanol–water partition coefficient (Wildman–Crippen LogP) is 1.90. The van der Waals surface area contributed by atoms with Crippen LogP contribution in [-0.2, 0) is 14.6 Å². The summed E-state index contributed by atoms with van der Waals surface area (Å²) in [6.07, 6.45) is 4.11. The topological polar surface area (TPSA) is 63.2 Å². The molecule has 0 bridgehead atoms. The van der Waals surface area contributed by atoms with Crippen LogP contribution in [-0.4, -0.2) is 31.9 Å². The van der Waals surface area contributed by atoms with Crippen LogP contribution in [0.25, 0.3) is 0 Å². The van der Waals surface area contributed by atoms with E-state index in [2.05, 4.69) is 12.2 Å². The molecule has 0 aromatic carbocycles. The molecule has 5 heteroatoms. The molecule has 1 aliphatic heterocycles. The Kier molecular flexibility index (Phi) is 5.20. The molecule has 0 aromatic rings. The Hall–Kier alpha value is -0.580. The van der Waals surface area contributed by atoms with E-state index < -0.39 is 9.84 Å². The van der Waals surface area contributed by atoms with Crippen LogP contribution in [0.15, 0.2) is 0 Å². The number of hydrogen-bond donors (Lipinski definition) is 1. The van der Waals surface area contributed by atoms with Crippen molar-refractivity contribution in [2.75, 3.05) is 11.5 Å². The van der Waals surface area contributed by atoms with Crippen LogP contribution in [0.5, 0.6) is 0 Å². The van der Waals surface area contributed by atoms with Gasteiger partial charge in [-0.1, -0.05) is 33.6 Å². The number of carbonyl (C=O) groups is 1. The Balaban J connectivity index is 2.45. The highest BCUT2D eigenvalue weighted by molar-refractivity contribution is 7.91. The lowest BCUT2D eigenvalue weighted by molar-refractivity contribution is -0.130. The van der Waals surface area contributed by atoms with Gasteiger partial charge in [0.25, 0.3) is 0 Å². The van der Waals surface area contributed by atoms with Gasteiger partial charge in [-0.3, -0.25) is 4.79 Å². The molecule has 1 amide bonds. The minimum absolute atomic E-state index is 0.0296. The normalized spacial score (nSPS) is 20.6. The van der Waals surface area contributed by atoms with E-state index in [1.807, 2.05) is 13.8 Å². The number of sulfone groups is 1. The van der Waals surface area contributed by atoms with Gasteiger partial charge in [0, 0.05) is 11.5 Å². The number of nitrogens with one attached hydrogen (secondary N) is 1. The Labute approximate surface area is 110 Å². The first-order valence-corrected chi connectivity index (χ1v) is 8.60. The molecule has 0 unspecified atom stereocenters. The van der Waals surface area contributed by atoms with Gasteiger partial charge >= 0.3 is 0 Å². The van der Waals surface area contributed by atoms with E-state index >= 15 is 0 Å². The van der Waals surface area contributed by atoms with E-state index in [1.54, 1.807) is 0 Å². The van der Waals surface area contributed by atoms with Crippen molar-refractivity contribution < 1.29 is 13.2 Å². The van der Waals surface area contributed by atoms with Crippen molar-refractivity contribution in [2.45, 2.75) is 58.9 Å². The first kappa shape index (κ1) is 15.5. The second-order valence-corrected chi connectivity index (χ2v) is 8.19. The van der Waals surface area contributed by atoms with Crippen molar-refractivity contribution in [3.05, 3.63) is 0 Å². The van der Waals surface area contributed by atoms with Gasteiger partial charge in [-0.15, -0.1) is 0 Å². The second-order valence-electron chi connectivity index (χ2n) is 5.89. The first-order valence-electron chi connectivity index (χ1n) is 6.78. The second kappa shape index (κ2) is 6.04. The van der Waals surface area contributed by atoms with Crippen molar-refractivity contribution >= 4 is 15.7 Å². The standard InChI is InChI=1S/C13H25NO3S/c1-4-5-8-13(2,3)12(15)14-11-6-9-18(16,17)10-7-11/h11H,4-10H2,1-3H3,(H,14,15). The molecule has 1 saturated heterocycles. The number of rotatable bonds is 5. The minimum Gasteiger partial charge on any atom is -0.353 e. The lowest BCUT2D eigenvalue weighted by atomic mass is 9.86. The third-order valence-corrected chi connectivity index (χ3v) is 5.38. The molecule has 1 rings (SSSR count). The molecular formula is C13H25NO3S. The Morgan fingerprint density at radius 1 is 1.28 bits per heavy atom. The third-order valence-electron chi connectivity index (χ3n) is 3.66. The zero-order valence-electron chi connectivity index (χ0n) is 11.7. The Morgan fingerprint density at radius 3 is 2.33 bits per heavy atom. The maximum absolute atomic E-state index is 12.1. The van der Waals surface area contributed by atoms with Gasteiger partial charge in [0.15, 0.2) is 0 Å². The summed E-state index contributed by atoms with van der Waals surface area (Å²) in [4.78, 5) is 12.1. The maximum atomic E-state index is 12.1. The van der Waals surface area contributed by atoms with Gasteiger partial charge in [-0.25, -0.2) is 8.42 Å². The summed E-state index contributed by atoms with van der Waals surface area (Å²) in [6.45, 7) is 6.02. The first-order chi connectivity index (χ1) is 8.27. The van der Waals surface area contributed by atoms with Gasteiger partial charge in [-0.05, 0) is 19.3 Å².